The molecular weight excluding hydrogens is 160 g/mol. The molecule has 0 atom stereocenters. The number of carbonyl (C=O) groups excluding carboxylic acids is 1. The first kappa shape index (κ1) is 8.43. The molecule has 1 aromatic rings. The van der Waals surface area contributed by atoms with Crippen molar-refractivity contribution in [3.63, 3.8) is 0 Å². The van der Waals surface area contributed by atoms with E-state index in [4.69, 9.17) is 5.11 Å². The number of Topliss-reactive ketones (excluding diaryl/α,β-unsaturated/α-hetero) is 1. The molecule has 0 aliphatic carbocycles. The molecule has 0 saturated carbocycles. The number of thiophene rings is 1. The van der Waals surface area contributed by atoms with Crippen LogP contribution in [0.5, 0.6) is 0 Å². The van der Waals surface area contributed by atoms with Gasteiger partial charge in [0.1, 0.15) is 6.61 Å². The van der Waals surface area contributed by atoms with E-state index in [1.807, 2.05) is 19.2 Å². The van der Waals surface area contributed by atoms with Gasteiger partial charge in [-0.05, 0) is 24.8 Å². The van der Waals surface area contributed by atoms with Gasteiger partial charge in [-0.1, -0.05) is 0 Å². The highest BCUT2D eigenvalue weighted by Gasteiger charge is 2.11. The zero-order chi connectivity index (χ0) is 8.43. The van der Waals surface area contributed by atoms with E-state index < -0.39 is 6.61 Å². The third-order valence-electron chi connectivity index (χ3n) is 1.58. The molecular formula is C8H10O2S. The van der Waals surface area contributed by atoms with E-state index in [-0.39, 0.29) is 5.78 Å². The summed E-state index contributed by atoms with van der Waals surface area (Å²) in [6.45, 7) is 3.38. The van der Waals surface area contributed by atoms with Gasteiger partial charge >= 0.3 is 0 Å². The maximum absolute atomic E-state index is 11.1. The second-order valence-electron chi connectivity index (χ2n) is 2.43. The Labute approximate surface area is 69.5 Å². The fraction of sp³-hybridized carbons (Fsp3) is 0.375. The smallest absolute Gasteiger partial charge is 0.189 e. The van der Waals surface area contributed by atoms with Crippen LogP contribution < -0.4 is 0 Å². The summed E-state index contributed by atoms with van der Waals surface area (Å²) < 4.78 is 0. The number of aliphatic hydroxyl groups excluding tert-OH is 1. The van der Waals surface area contributed by atoms with Crippen LogP contribution in [0.1, 0.15) is 20.8 Å². The minimum atomic E-state index is -0.390. The number of carbonyl (C=O) groups is 1. The van der Waals surface area contributed by atoms with E-state index in [9.17, 15) is 4.79 Å². The van der Waals surface area contributed by atoms with Gasteiger partial charge in [0.2, 0.25) is 0 Å². The first-order valence-electron chi connectivity index (χ1n) is 3.35. The number of ketones is 1. The number of aryl methyl sites for hydroxylation is 2. The Balaban J connectivity index is 3.10. The highest BCUT2D eigenvalue weighted by Crippen LogP contribution is 2.20. The lowest BCUT2D eigenvalue weighted by Crippen LogP contribution is -2.05. The number of hydrogen-bond acceptors (Lipinski definition) is 3. The summed E-state index contributed by atoms with van der Waals surface area (Å²) in [5.74, 6) is -0.179. The summed E-state index contributed by atoms with van der Waals surface area (Å²) in [4.78, 5) is 12.1. The van der Waals surface area contributed by atoms with Gasteiger partial charge in [-0.2, -0.15) is 0 Å². The molecule has 0 radical (unpaired) electrons. The predicted molar refractivity (Wildman–Crippen MR) is 45.2 cm³/mol. The summed E-state index contributed by atoms with van der Waals surface area (Å²) in [5.41, 5.74) is 1.66. The van der Waals surface area contributed by atoms with Crippen LogP contribution in [0.15, 0.2) is 5.38 Å². The largest absolute Gasteiger partial charge is 0.388 e. The zero-order valence-corrected chi connectivity index (χ0v) is 7.36. The Morgan fingerprint density at radius 1 is 1.64 bits per heavy atom. The van der Waals surface area contributed by atoms with Crippen LogP contribution in [0.3, 0.4) is 0 Å². The molecule has 1 rings (SSSR count). The van der Waals surface area contributed by atoms with Crippen LogP contribution in [0, 0.1) is 13.8 Å². The van der Waals surface area contributed by atoms with E-state index in [2.05, 4.69) is 0 Å². The van der Waals surface area contributed by atoms with Crippen LogP contribution in [-0.4, -0.2) is 17.5 Å². The Kier molecular flexibility index (Phi) is 2.42. The molecule has 0 aliphatic rings. The van der Waals surface area contributed by atoms with Gasteiger partial charge in [0.05, 0.1) is 0 Å². The normalized spacial score (nSPS) is 10.1. The van der Waals surface area contributed by atoms with Crippen molar-refractivity contribution in [2.24, 2.45) is 0 Å². The van der Waals surface area contributed by atoms with Crippen molar-refractivity contribution in [3.05, 3.63) is 21.4 Å². The molecule has 2 nitrogen and oxygen atoms in total. The standard InChI is InChI=1S/C8H10O2S/c1-5-4-11-6(2)8(5)7(10)3-9/h4,9H,3H2,1-2H3. The Morgan fingerprint density at radius 2 is 2.27 bits per heavy atom. The van der Waals surface area contributed by atoms with Gasteiger partial charge in [0, 0.05) is 10.4 Å². The third kappa shape index (κ3) is 1.49. The molecule has 0 aromatic carbocycles. The van der Waals surface area contributed by atoms with E-state index in [1.165, 1.54) is 0 Å². The summed E-state index contributed by atoms with van der Waals surface area (Å²) in [6.07, 6.45) is 0. The first-order chi connectivity index (χ1) is 5.16. The van der Waals surface area contributed by atoms with Crippen LogP contribution in [0.25, 0.3) is 0 Å². The number of hydrogen-bond donors (Lipinski definition) is 1. The highest BCUT2D eigenvalue weighted by molar-refractivity contribution is 7.10. The second kappa shape index (κ2) is 3.15. The van der Waals surface area contributed by atoms with Crippen molar-refractivity contribution in [2.75, 3.05) is 6.61 Å². The quantitative estimate of drug-likeness (QED) is 0.683. The number of rotatable bonds is 2. The molecule has 0 saturated heterocycles. The Hall–Kier alpha value is -0.670. The fourth-order valence-corrected chi connectivity index (χ4v) is 1.93. The molecule has 60 valence electrons. The molecule has 1 aromatic heterocycles. The first-order valence-corrected chi connectivity index (χ1v) is 4.23. The van der Waals surface area contributed by atoms with Crippen LogP contribution in [-0.2, 0) is 0 Å². The minimum absolute atomic E-state index is 0.179. The summed E-state index contributed by atoms with van der Waals surface area (Å²) in [7, 11) is 0. The van der Waals surface area contributed by atoms with E-state index in [0.717, 1.165) is 10.4 Å². The van der Waals surface area contributed by atoms with Gasteiger partial charge < -0.3 is 5.11 Å². The van der Waals surface area contributed by atoms with Gasteiger partial charge in [-0.3, -0.25) is 4.79 Å². The van der Waals surface area contributed by atoms with Crippen LogP contribution >= 0.6 is 11.3 Å². The molecule has 0 unspecified atom stereocenters. The second-order valence-corrected chi connectivity index (χ2v) is 3.51. The van der Waals surface area contributed by atoms with Crippen molar-refractivity contribution < 1.29 is 9.90 Å². The summed E-state index contributed by atoms with van der Waals surface area (Å²) in [6, 6.07) is 0. The molecule has 1 N–H and O–H groups in total. The van der Waals surface area contributed by atoms with Crippen molar-refractivity contribution in [3.8, 4) is 0 Å². The van der Waals surface area contributed by atoms with Crippen molar-refractivity contribution in [2.45, 2.75) is 13.8 Å². The van der Waals surface area contributed by atoms with Crippen molar-refractivity contribution in [1.29, 1.82) is 0 Å². The minimum Gasteiger partial charge on any atom is -0.388 e. The van der Waals surface area contributed by atoms with Gasteiger partial charge in [-0.25, -0.2) is 0 Å². The molecule has 11 heavy (non-hydrogen) atoms. The maximum atomic E-state index is 11.1. The molecule has 0 amide bonds. The lowest BCUT2D eigenvalue weighted by atomic mass is 10.1. The lowest BCUT2D eigenvalue weighted by Gasteiger charge is -1.96. The molecule has 0 bridgehead atoms. The third-order valence-corrected chi connectivity index (χ3v) is 2.61. The monoisotopic (exact) mass is 170 g/mol. The van der Waals surface area contributed by atoms with Crippen molar-refractivity contribution in [1.82, 2.24) is 0 Å². The molecule has 3 heteroatoms. The lowest BCUT2D eigenvalue weighted by molar-refractivity contribution is 0.0903. The molecule has 0 spiro atoms. The van der Waals surface area contributed by atoms with Crippen molar-refractivity contribution >= 4 is 17.1 Å². The average Bonchev–Trinajstić information content (AvgIpc) is 2.30. The average molecular weight is 170 g/mol. The van der Waals surface area contributed by atoms with Crippen LogP contribution in [0.4, 0.5) is 0 Å². The predicted octanol–water partition coefficient (Wildman–Crippen LogP) is 1.54. The summed E-state index contributed by atoms with van der Waals surface area (Å²) >= 11 is 1.54. The van der Waals surface area contributed by atoms with Gasteiger partial charge in [0.25, 0.3) is 0 Å². The Morgan fingerprint density at radius 3 is 2.64 bits per heavy atom. The zero-order valence-electron chi connectivity index (χ0n) is 6.55. The van der Waals surface area contributed by atoms with Crippen LogP contribution in [0.2, 0.25) is 0 Å². The highest BCUT2D eigenvalue weighted by atomic mass is 32.1. The SMILES string of the molecule is Cc1csc(C)c1C(=O)CO. The maximum Gasteiger partial charge on any atom is 0.189 e. The van der Waals surface area contributed by atoms with E-state index in [1.54, 1.807) is 11.3 Å². The van der Waals surface area contributed by atoms with E-state index >= 15 is 0 Å². The van der Waals surface area contributed by atoms with E-state index in [0.29, 0.717) is 5.56 Å². The topological polar surface area (TPSA) is 37.3 Å². The fourth-order valence-electron chi connectivity index (χ4n) is 1.07. The Bertz CT molecular complexity index is 256. The summed E-state index contributed by atoms with van der Waals surface area (Å²) in [5, 5.41) is 10.5. The molecule has 1 heterocycles. The van der Waals surface area contributed by atoms with Gasteiger partial charge in [0.15, 0.2) is 5.78 Å². The van der Waals surface area contributed by atoms with Gasteiger partial charge in [-0.15, -0.1) is 11.3 Å². The molecule has 0 aliphatic heterocycles. The molecule has 0 fully saturated rings. The number of aliphatic hydroxyl groups is 1.